The van der Waals surface area contributed by atoms with E-state index in [1.54, 1.807) is 6.20 Å². The van der Waals surface area contributed by atoms with Gasteiger partial charge in [0.15, 0.2) is 5.82 Å². The molecule has 6 nitrogen and oxygen atoms in total. The molecule has 6 heteroatoms. The van der Waals surface area contributed by atoms with Crippen LogP contribution in [0.3, 0.4) is 0 Å². The Morgan fingerprint density at radius 3 is 1.93 bits per heavy atom. The van der Waals surface area contributed by atoms with Crippen molar-refractivity contribution in [2.24, 2.45) is 0 Å². The molecule has 2 aromatic carbocycles. The monoisotopic (exact) mass is 555 g/mol. The molecule has 0 saturated heterocycles. The average molecular weight is 556 g/mol. The zero-order chi connectivity index (χ0) is 30.0. The standard InChI is InChI=1S/C36H37N5O/c1-20-16-23(31-39-33(35(4,5)6)41-34(40-31)36(7,8)9)17-21(2)29(20)27-18-28(38-19-22(27)3)26-13-10-12-24-25-14-11-15-37-32(25)42-30(24)26/h10-19H,1-9H3. The fourth-order valence-electron chi connectivity index (χ4n) is 5.47. The lowest BCUT2D eigenvalue weighted by atomic mass is 9.90. The first-order chi connectivity index (χ1) is 19.8. The van der Waals surface area contributed by atoms with Crippen molar-refractivity contribution < 1.29 is 4.42 Å². The molecule has 6 rings (SSSR count). The number of pyridine rings is 2. The number of benzene rings is 2. The Hall–Kier alpha value is -4.45. The first-order valence-corrected chi connectivity index (χ1v) is 14.4. The van der Waals surface area contributed by atoms with Crippen LogP contribution < -0.4 is 0 Å². The average Bonchev–Trinajstić information content (AvgIpc) is 3.31. The molecule has 4 aromatic heterocycles. The van der Waals surface area contributed by atoms with Gasteiger partial charge in [-0.1, -0.05) is 53.7 Å². The molecule has 0 aliphatic heterocycles. The Morgan fingerprint density at radius 2 is 1.29 bits per heavy atom. The minimum absolute atomic E-state index is 0.189. The van der Waals surface area contributed by atoms with E-state index in [-0.39, 0.29) is 10.8 Å². The lowest BCUT2D eigenvalue weighted by molar-refractivity contribution is 0.497. The van der Waals surface area contributed by atoms with Crippen molar-refractivity contribution in [3.63, 3.8) is 0 Å². The summed E-state index contributed by atoms with van der Waals surface area (Å²) in [5.74, 6) is 2.33. The quantitative estimate of drug-likeness (QED) is 0.217. The molecule has 0 spiro atoms. The van der Waals surface area contributed by atoms with Crippen molar-refractivity contribution in [1.82, 2.24) is 24.9 Å². The zero-order valence-electron chi connectivity index (χ0n) is 25.9. The molecule has 0 aliphatic carbocycles. The van der Waals surface area contributed by atoms with Crippen molar-refractivity contribution in [1.29, 1.82) is 0 Å². The van der Waals surface area contributed by atoms with Gasteiger partial charge in [0.05, 0.1) is 5.69 Å². The van der Waals surface area contributed by atoms with E-state index in [4.69, 9.17) is 24.4 Å². The number of aromatic nitrogens is 5. The van der Waals surface area contributed by atoms with Gasteiger partial charge in [-0.15, -0.1) is 0 Å². The Kier molecular flexibility index (Phi) is 6.48. The van der Waals surface area contributed by atoms with Gasteiger partial charge in [0.25, 0.3) is 0 Å². The van der Waals surface area contributed by atoms with E-state index in [0.717, 1.165) is 72.9 Å². The van der Waals surface area contributed by atoms with Crippen LogP contribution in [-0.2, 0) is 10.8 Å². The highest BCUT2D eigenvalue weighted by atomic mass is 16.3. The van der Waals surface area contributed by atoms with Crippen LogP contribution in [0.15, 0.2) is 65.3 Å². The number of fused-ring (bicyclic) bond motifs is 3. The maximum atomic E-state index is 6.22. The van der Waals surface area contributed by atoms with Crippen molar-refractivity contribution in [3.05, 3.63) is 89.3 Å². The van der Waals surface area contributed by atoms with Crippen LogP contribution >= 0.6 is 0 Å². The van der Waals surface area contributed by atoms with Crippen LogP contribution in [0.25, 0.3) is 55.8 Å². The number of rotatable bonds is 3. The minimum Gasteiger partial charge on any atom is -0.437 e. The second-order valence-electron chi connectivity index (χ2n) is 13.3. The van der Waals surface area contributed by atoms with Crippen molar-refractivity contribution in [2.45, 2.75) is 73.1 Å². The molecule has 0 unspecified atom stereocenters. The smallest absolute Gasteiger partial charge is 0.227 e. The van der Waals surface area contributed by atoms with E-state index in [0.29, 0.717) is 5.71 Å². The van der Waals surface area contributed by atoms with Crippen molar-refractivity contribution in [2.75, 3.05) is 0 Å². The van der Waals surface area contributed by atoms with E-state index in [9.17, 15) is 0 Å². The van der Waals surface area contributed by atoms with E-state index >= 15 is 0 Å². The third-order valence-electron chi connectivity index (χ3n) is 7.69. The van der Waals surface area contributed by atoms with Crippen LogP contribution in [0, 0.1) is 20.8 Å². The fraction of sp³-hybridized carbons (Fsp3) is 0.306. The summed E-state index contributed by atoms with van der Waals surface area (Å²) in [6.07, 6.45) is 3.71. The highest BCUT2D eigenvalue weighted by Crippen LogP contribution is 2.38. The summed E-state index contributed by atoms with van der Waals surface area (Å²) in [5, 5.41) is 2.05. The minimum atomic E-state index is -0.189. The molecule has 42 heavy (non-hydrogen) atoms. The highest BCUT2D eigenvalue weighted by molar-refractivity contribution is 6.08. The summed E-state index contributed by atoms with van der Waals surface area (Å²) in [4.78, 5) is 24.0. The first kappa shape index (κ1) is 27.7. The van der Waals surface area contributed by atoms with Crippen LogP contribution in [0.5, 0.6) is 0 Å². The zero-order valence-corrected chi connectivity index (χ0v) is 25.9. The summed E-state index contributed by atoms with van der Waals surface area (Å²) in [6, 6.07) is 16.7. The molecule has 0 amide bonds. The number of furan rings is 1. The second-order valence-corrected chi connectivity index (χ2v) is 13.3. The van der Waals surface area contributed by atoms with E-state index < -0.39 is 0 Å². The number of hydrogen-bond donors (Lipinski definition) is 0. The second kappa shape index (κ2) is 9.83. The molecule has 0 N–H and O–H groups in total. The van der Waals surface area contributed by atoms with Gasteiger partial charge in [0.2, 0.25) is 5.71 Å². The van der Waals surface area contributed by atoms with E-state index in [1.165, 1.54) is 5.56 Å². The predicted molar refractivity (Wildman–Crippen MR) is 171 cm³/mol. The number of aryl methyl sites for hydroxylation is 3. The normalized spacial score (nSPS) is 12.4. The largest absolute Gasteiger partial charge is 0.437 e. The molecule has 4 heterocycles. The van der Waals surface area contributed by atoms with E-state index in [2.05, 4.69) is 104 Å². The summed E-state index contributed by atoms with van der Waals surface area (Å²) >= 11 is 0. The van der Waals surface area contributed by atoms with Gasteiger partial charge in [0, 0.05) is 45.1 Å². The van der Waals surface area contributed by atoms with Gasteiger partial charge in [-0.2, -0.15) is 0 Å². The maximum absolute atomic E-state index is 6.22. The molecule has 0 radical (unpaired) electrons. The third-order valence-corrected chi connectivity index (χ3v) is 7.69. The number of hydrogen-bond acceptors (Lipinski definition) is 6. The molecular weight excluding hydrogens is 518 g/mol. The van der Waals surface area contributed by atoms with Crippen LogP contribution in [0.1, 0.15) is 69.9 Å². The van der Waals surface area contributed by atoms with Crippen LogP contribution in [0.2, 0.25) is 0 Å². The predicted octanol–water partition coefficient (Wildman–Crippen LogP) is 9.08. The Labute approximate surface area is 247 Å². The topological polar surface area (TPSA) is 77.6 Å². The summed E-state index contributed by atoms with van der Waals surface area (Å²) in [6.45, 7) is 19.3. The van der Waals surface area contributed by atoms with Crippen molar-refractivity contribution in [3.8, 4) is 33.8 Å². The SMILES string of the molecule is Cc1cnc(-c2cccc3c2oc2ncccc23)cc1-c1c(C)cc(-c2nc(C(C)(C)C)nc(C(C)(C)C)n2)cc1C. The molecule has 0 saturated carbocycles. The molecule has 6 aromatic rings. The van der Waals surface area contributed by atoms with Gasteiger partial charge in [-0.25, -0.2) is 19.9 Å². The van der Waals surface area contributed by atoms with E-state index in [1.807, 2.05) is 18.3 Å². The van der Waals surface area contributed by atoms with Gasteiger partial charge < -0.3 is 4.42 Å². The van der Waals surface area contributed by atoms with Crippen LogP contribution in [0.4, 0.5) is 0 Å². The Balaban J connectivity index is 1.48. The van der Waals surface area contributed by atoms with Gasteiger partial charge >= 0.3 is 0 Å². The molecular formula is C36H37N5O. The molecule has 212 valence electrons. The van der Waals surface area contributed by atoms with Gasteiger partial charge in [-0.05, 0) is 85.0 Å². The summed E-state index contributed by atoms with van der Waals surface area (Å²) < 4.78 is 6.22. The molecule has 0 bridgehead atoms. The Bertz CT molecular complexity index is 1930. The molecule has 0 fully saturated rings. The molecule has 0 atom stereocenters. The first-order valence-electron chi connectivity index (χ1n) is 14.4. The van der Waals surface area contributed by atoms with Crippen molar-refractivity contribution >= 4 is 22.1 Å². The summed E-state index contributed by atoms with van der Waals surface area (Å²) in [7, 11) is 0. The Morgan fingerprint density at radius 1 is 0.643 bits per heavy atom. The van der Waals surface area contributed by atoms with Crippen LogP contribution in [-0.4, -0.2) is 24.9 Å². The van der Waals surface area contributed by atoms with Gasteiger partial charge in [0.1, 0.15) is 17.2 Å². The lowest BCUT2D eigenvalue weighted by Gasteiger charge is -2.23. The van der Waals surface area contributed by atoms with Gasteiger partial charge in [-0.3, -0.25) is 4.98 Å². The number of nitrogens with zero attached hydrogens (tertiary/aromatic N) is 5. The highest BCUT2D eigenvalue weighted by Gasteiger charge is 2.26. The number of para-hydroxylation sites is 1. The lowest BCUT2D eigenvalue weighted by Crippen LogP contribution is -2.24. The fourth-order valence-corrected chi connectivity index (χ4v) is 5.47. The maximum Gasteiger partial charge on any atom is 0.227 e. The molecule has 0 aliphatic rings. The summed E-state index contributed by atoms with van der Waals surface area (Å²) in [5.41, 5.74) is 9.65. The third kappa shape index (κ3) is 4.85.